The first-order valence-electron chi connectivity index (χ1n) is 7.28. The highest BCUT2D eigenvalue weighted by atomic mass is 32.2. The Hall–Kier alpha value is -2.06. The van der Waals surface area contributed by atoms with Gasteiger partial charge < -0.3 is 15.4 Å². The maximum absolute atomic E-state index is 12.7. The number of hydrogen-bond donors (Lipinski definition) is 1. The number of hydrogen-bond acceptors (Lipinski definition) is 6. The first kappa shape index (κ1) is 18.3. The van der Waals surface area contributed by atoms with Gasteiger partial charge in [-0.05, 0) is 19.1 Å². The van der Waals surface area contributed by atoms with Crippen molar-refractivity contribution >= 4 is 40.6 Å². The van der Waals surface area contributed by atoms with Gasteiger partial charge in [-0.15, -0.1) is 11.3 Å². The number of nitrogens with two attached hydrogens (primary N) is 1. The summed E-state index contributed by atoms with van der Waals surface area (Å²) in [5.41, 5.74) is 6.80. The van der Waals surface area contributed by atoms with E-state index < -0.39 is 5.91 Å². The summed E-state index contributed by atoms with van der Waals surface area (Å²) < 4.78 is 6.17. The van der Waals surface area contributed by atoms with E-state index in [0.717, 1.165) is 10.0 Å². The molecular formula is C16H19N3O3S2. The van der Waals surface area contributed by atoms with E-state index in [-0.39, 0.29) is 24.6 Å². The number of carbonyl (C=O) groups is 2. The summed E-state index contributed by atoms with van der Waals surface area (Å²) in [5.74, 6) is 0.221. The van der Waals surface area contributed by atoms with E-state index in [2.05, 4.69) is 4.98 Å². The van der Waals surface area contributed by atoms with E-state index in [9.17, 15) is 9.59 Å². The van der Waals surface area contributed by atoms with Crippen LogP contribution in [0.25, 0.3) is 0 Å². The molecule has 2 rings (SSSR count). The Labute approximate surface area is 149 Å². The van der Waals surface area contributed by atoms with E-state index >= 15 is 0 Å². The molecule has 0 radical (unpaired) electrons. The van der Waals surface area contributed by atoms with Crippen molar-refractivity contribution in [1.82, 2.24) is 4.98 Å². The SMILES string of the molecule is COc1ccccc1N(CCC(N)=O)C(=O)CSc1nc(C)cs1. The molecule has 0 unspecified atom stereocenters. The second kappa shape index (κ2) is 8.70. The molecule has 2 amide bonds. The lowest BCUT2D eigenvalue weighted by molar-refractivity contribution is -0.118. The van der Waals surface area contributed by atoms with Crippen molar-refractivity contribution in [3.8, 4) is 5.75 Å². The van der Waals surface area contributed by atoms with Crippen LogP contribution in [0.2, 0.25) is 0 Å². The number of nitrogens with zero attached hydrogens (tertiary/aromatic N) is 2. The van der Waals surface area contributed by atoms with Crippen molar-refractivity contribution in [2.24, 2.45) is 5.73 Å². The van der Waals surface area contributed by atoms with E-state index in [1.54, 1.807) is 19.2 Å². The number of methoxy groups -OCH3 is 1. The molecule has 1 heterocycles. The van der Waals surface area contributed by atoms with Gasteiger partial charge in [-0.1, -0.05) is 23.9 Å². The van der Waals surface area contributed by atoms with Gasteiger partial charge in [0.15, 0.2) is 4.34 Å². The lowest BCUT2D eigenvalue weighted by Crippen LogP contribution is -2.35. The molecule has 24 heavy (non-hydrogen) atoms. The van der Waals surface area contributed by atoms with Crippen LogP contribution in [-0.4, -0.2) is 36.2 Å². The maximum atomic E-state index is 12.7. The van der Waals surface area contributed by atoms with Crippen LogP contribution in [0.1, 0.15) is 12.1 Å². The zero-order chi connectivity index (χ0) is 17.5. The highest BCUT2D eigenvalue weighted by Crippen LogP contribution is 2.29. The van der Waals surface area contributed by atoms with Crippen LogP contribution >= 0.6 is 23.1 Å². The maximum Gasteiger partial charge on any atom is 0.237 e. The minimum absolute atomic E-state index is 0.0881. The lowest BCUT2D eigenvalue weighted by atomic mass is 10.2. The number of benzene rings is 1. The quantitative estimate of drug-likeness (QED) is 0.726. The number of thiazole rings is 1. The van der Waals surface area contributed by atoms with E-state index in [4.69, 9.17) is 10.5 Å². The zero-order valence-corrected chi connectivity index (χ0v) is 15.2. The molecule has 0 saturated carbocycles. The Kier molecular flexibility index (Phi) is 6.62. The number of anilines is 1. The number of ether oxygens (including phenoxy) is 1. The molecule has 0 saturated heterocycles. The predicted molar refractivity (Wildman–Crippen MR) is 96.7 cm³/mol. The van der Waals surface area contributed by atoms with Gasteiger partial charge in [-0.2, -0.15) is 0 Å². The average Bonchev–Trinajstić information content (AvgIpc) is 2.98. The predicted octanol–water partition coefficient (Wildman–Crippen LogP) is 2.46. The number of para-hydroxylation sites is 2. The number of rotatable bonds is 8. The fourth-order valence-corrected chi connectivity index (χ4v) is 3.78. The average molecular weight is 365 g/mol. The summed E-state index contributed by atoms with van der Waals surface area (Å²) >= 11 is 2.89. The number of thioether (sulfide) groups is 1. The Morgan fingerprint density at radius 2 is 2.12 bits per heavy atom. The number of carbonyl (C=O) groups excluding carboxylic acids is 2. The number of amides is 2. The van der Waals surface area contributed by atoms with Crippen molar-refractivity contribution in [3.05, 3.63) is 35.3 Å². The molecule has 0 spiro atoms. The van der Waals surface area contributed by atoms with Crippen LogP contribution in [0.4, 0.5) is 5.69 Å². The van der Waals surface area contributed by atoms with Crippen LogP contribution in [-0.2, 0) is 9.59 Å². The molecule has 0 aliphatic rings. The number of primary amides is 1. The summed E-state index contributed by atoms with van der Waals surface area (Å²) in [6, 6.07) is 7.21. The smallest absolute Gasteiger partial charge is 0.237 e. The largest absolute Gasteiger partial charge is 0.495 e. The van der Waals surface area contributed by atoms with Gasteiger partial charge in [0.25, 0.3) is 0 Å². The van der Waals surface area contributed by atoms with Gasteiger partial charge >= 0.3 is 0 Å². The van der Waals surface area contributed by atoms with Gasteiger partial charge in [0.05, 0.1) is 18.6 Å². The first-order chi connectivity index (χ1) is 11.5. The summed E-state index contributed by atoms with van der Waals surface area (Å²) in [6.45, 7) is 2.13. The minimum atomic E-state index is -0.453. The molecule has 1 aromatic carbocycles. The molecule has 2 N–H and O–H groups in total. The van der Waals surface area contributed by atoms with Crippen LogP contribution in [0.15, 0.2) is 34.0 Å². The monoisotopic (exact) mass is 365 g/mol. The van der Waals surface area contributed by atoms with Gasteiger partial charge in [0.2, 0.25) is 11.8 Å². The van der Waals surface area contributed by atoms with Crippen molar-refractivity contribution < 1.29 is 14.3 Å². The summed E-state index contributed by atoms with van der Waals surface area (Å²) in [7, 11) is 1.54. The molecule has 1 aromatic heterocycles. The van der Waals surface area contributed by atoms with Crippen LogP contribution in [0, 0.1) is 6.92 Å². The molecule has 0 fully saturated rings. The minimum Gasteiger partial charge on any atom is -0.495 e. The summed E-state index contributed by atoms with van der Waals surface area (Å²) in [4.78, 5) is 29.7. The molecular weight excluding hydrogens is 346 g/mol. The van der Waals surface area contributed by atoms with Gasteiger partial charge in [0.1, 0.15) is 5.75 Å². The fraction of sp³-hybridized carbons (Fsp3) is 0.312. The highest BCUT2D eigenvalue weighted by molar-refractivity contribution is 8.01. The van der Waals surface area contributed by atoms with E-state index in [1.165, 1.54) is 28.0 Å². The number of aryl methyl sites for hydroxylation is 1. The van der Waals surface area contributed by atoms with Crippen molar-refractivity contribution in [1.29, 1.82) is 0 Å². The van der Waals surface area contributed by atoms with E-state index in [0.29, 0.717) is 11.4 Å². The molecule has 0 atom stereocenters. The lowest BCUT2D eigenvalue weighted by Gasteiger charge is -2.24. The summed E-state index contributed by atoms with van der Waals surface area (Å²) in [5, 5.41) is 1.94. The van der Waals surface area contributed by atoms with Crippen LogP contribution in [0.3, 0.4) is 0 Å². The van der Waals surface area contributed by atoms with E-state index in [1.807, 2.05) is 24.4 Å². The topological polar surface area (TPSA) is 85.5 Å². The molecule has 0 aliphatic heterocycles. The van der Waals surface area contributed by atoms with Gasteiger partial charge in [-0.25, -0.2) is 4.98 Å². The Morgan fingerprint density at radius 3 is 2.75 bits per heavy atom. The molecule has 2 aromatic rings. The summed E-state index contributed by atoms with van der Waals surface area (Å²) in [6.07, 6.45) is 0.0881. The van der Waals surface area contributed by atoms with Crippen molar-refractivity contribution in [2.45, 2.75) is 17.7 Å². The van der Waals surface area contributed by atoms with Crippen LogP contribution in [0.5, 0.6) is 5.75 Å². The zero-order valence-electron chi connectivity index (χ0n) is 13.5. The van der Waals surface area contributed by atoms with Crippen LogP contribution < -0.4 is 15.4 Å². The third-order valence-corrected chi connectivity index (χ3v) is 5.30. The van der Waals surface area contributed by atoms with Gasteiger partial charge in [-0.3, -0.25) is 9.59 Å². The molecule has 8 heteroatoms. The molecule has 6 nitrogen and oxygen atoms in total. The standard InChI is InChI=1S/C16H19N3O3S2/c1-11-9-23-16(18-11)24-10-15(21)19(8-7-14(17)20)12-5-3-4-6-13(12)22-2/h3-6,9H,7-8,10H2,1-2H3,(H2,17,20). The third-order valence-electron chi connectivity index (χ3n) is 3.18. The fourth-order valence-electron chi connectivity index (χ4n) is 2.05. The van der Waals surface area contributed by atoms with Crippen molar-refractivity contribution in [3.63, 3.8) is 0 Å². The van der Waals surface area contributed by atoms with Gasteiger partial charge in [0, 0.05) is 24.0 Å². The van der Waals surface area contributed by atoms with Crippen molar-refractivity contribution in [2.75, 3.05) is 24.3 Å². The first-order valence-corrected chi connectivity index (χ1v) is 9.14. The normalized spacial score (nSPS) is 10.4. The Morgan fingerprint density at radius 1 is 1.38 bits per heavy atom. The molecule has 0 aliphatic carbocycles. The Bertz CT molecular complexity index is 718. The second-order valence-corrected chi connectivity index (χ2v) is 7.06. The second-order valence-electron chi connectivity index (χ2n) is 4.98. The Balaban J connectivity index is 2.14. The number of aromatic nitrogens is 1. The molecule has 128 valence electrons. The highest BCUT2D eigenvalue weighted by Gasteiger charge is 2.20. The third kappa shape index (κ3) is 4.97. The molecule has 0 bridgehead atoms.